The number of hydrogen-bond acceptors (Lipinski definition) is 7. The van der Waals surface area contributed by atoms with Gasteiger partial charge in [0.1, 0.15) is 11.9 Å². The van der Waals surface area contributed by atoms with Crippen molar-refractivity contribution < 1.29 is 14.1 Å². The van der Waals surface area contributed by atoms with Gasteiger partial charge in [-0.2, -0.15) is 5.10 Å². The van der Waals surface area contributed by atoms with E-state index in [0.717, 1.165) is 24.4 Å². The second-order valence-electron chi connectivity index (χ2n) is 6.24. The summed E-state index contributed by atoms with van der Waals surface area (Å²) in [6.07, 6.45) is 1.63. The standard InChI is InChI=1S/C16H24N6O3/c1-4-5-13-17-15(20-19-13)12-9-22(6-7-24-12)11(3)16(23)18-14-8-10(2)21-25-14/h8,11-12H,4-7,9H2,1-3H3,(H,18,23)(H,17,19,20). The average Bonchev–Trinajstić information content (AvgIpc) is 3.24. The number of anilines is 1. The molecule has 25 heavy (non-hydrogen) atoms. The van der Waals surface area contributed by atoms with Crippen LogP contribution in [0.25, 0.3) is 0 Å². The van der Waals surface area contributed by atoms with E-state index in [1.54, 1.807) is 13.0 Å². The molecule has 0 spiro atoms. The third-order valence-electron chi connectivity index (χ3n) is 4.22. The number of rotatable bonds is 6. The van der Waals surface area contributed by atoms with Crippen LogP contribution in [0.15, 0.2) is 10.6 Å². The first-order valence-electron chi connectivity index (χ1n) is 8.57. The van der Waals surface area contributed by atoms with Gasteiger partial charge in [-0.05, 0) is 20.3 Å². The summed E-state index contributed by atoms with van der Waals surface area (Å²) >= 11 is 0. The van der Waals surface area contributed by atoms with E-state index < -0.39 is 0 Å². The van der Waals surface area contributed by atoms with Crippen molar-refractivity contribution in [3.63, 3.8) is 0 Å². The number of carbonyl (C=O) groups is 1. The minimum absolute atomic E-state index is 0.140. The third kappa shape index (κ3) is 4.23. The number of amides is 1. The Bertz CT molecular complexity index is 712. The summed E-state index contributed by atoms with van der Waals surface area (Å²) in [6.45, 7) is 7.53. The van der Waals surface area contributed by atoms with E-state index in [1.807, 2.05) is 6.92 Å². The van der Waals surface area contributed by atoms with Gasteiger partial charge in [-0.15, -0.1) is 0 Å². The number of nitrogens with zero attached hydrogens (tertiary/aromatic N) is 4. The first-order chi connectivity index (χ1) is 12.1. The number of H-pyrrole nitrogens is 1. The fourth-order valence-electron chi connectivity index (χ4n) is 2.79. The number of aryl methyl sites for hydroxylation is 2. The Balaban J connectivity index is 1.60. The molecule has 9 nitrogen and oxygen atoms in total. The molecule has 1 amide bonds. The molecule has 1 aliphatic rings. The van der Waals surface area contributed by atoms with Gasteiger partial charge in [0.25, 0.3) is 0 Å². The van der Waals surface area contributed by atoms with Crippen LogP contribution in [-0.2, 0) is 16.0 Å². The normalized spacial score (nSPS) is 19.7. The van der Waals surface area contributed by atoms with Crippen LogP contribution in [-0.4, -0.2) is 56.9 Å². The van der Waals surface area contributed by atoms with Gasteiger partial charge in [-0.3, -0.25) is 20.1 Å². The Morgan fingerprint density at radius 1 is 1.56 bits per heavy atom. The smallest absolute Gasteiger partial charge is 0.243 e. The lowest BCUT2D eigenvalue weighted by Gasteiger charge is -2.34. The topological polar surface area (TPSA) is 109 Å². The highest BCUT2D eigenvalue weighted by Gasteiger charge is 2.31. The fourth-order valence-corrected chi connectivity index (χ4v) is 2.79. The van der Waals surface area contributed by atoms with Crippen molar-refractivity contribution in [1.82, 2.24) is 25.2 Å². The van der Waals surface area contributed by atoms with Crippen LogP contribution in [0.1, 0.15) is 43.7 Å². The first kappa shape index (κ1) is 17.6. The molecule has 3 rings (SSSR count). The molecule has 136 valence electrons. The third-order valence-corrected chi connectivity index (χ3v) is 4.22. The molecule has 0 radical (unpaired) electrons. The number of nitrogens with one attached hydrogen (secondary N) is 2. The van der Waals surface area contributed by atoms with Crippen molar-refractivity contribution >= 4 is 11.8 Å². The first-order valence-corrected chi connectivity index (χ1v) is 8.57. The number of ether oxygens (including phenoxy) is 1. The Morgan fingerprint density at radius 3 is 3.12 bits per heavy atom. The van der Waals surface area contributed by atoms with Gasteiger partial charge < -0.3 is 9.26 Å². The number of morpholine rings is 1. The maximum Gasteiger partial charge on any atom is 0.243 e. The molecule has 2 aromatic rings. The fraction of sp³-hybridized carbons (Fsp3) is 0.625. The second-order valence-corrected chi connectivity index (χ2v) is 6.24. The number of aromatic nitrogens is 4. The molecular weight excluding hydrogens is 324 g/mol. The lowest BCUT2D eigenvalue weighted by Crippen LogP contribution is -2.48. The molecule has 2 unspecified atom stereocenters. The molecule has 3 heterocycles. The van der Waals surface area contributed by atoms with E-state index in [4.69, 9.17) is 9.26 Å². The van der Waals surface area contributed by atoms with E-state index in [9.17, 15) is 4.79 Å². The molecule has 9 heteroatoms. The van der Waals surface area contributed by atoms with Crippen LogP contribution in [0.4, 0.5) is 5.88 Å². The van der Waals surface area contributed by atoms with Crippen molar-refractivity contribution in [2.24, 2.45) is 0 Å². The maximum atomic E-state index is 12.4. The largest absolute Gasteiger partial charge is 0.367 e. The van der Waals surface area contributed by atoms with Crippen molar-refractivity contribution in [3.05, 3.63) is 23.4 Å². The molecule has 0 bridgehead atoms. The van der Waals surface area contributed by atoms with Crippen molar-refractivity contribution in [1.29, 1.82) is 0 Å². The zero-order valence-corrected chi connectivity index (χ0v) is 14.8. The Hall–Kier alpha value is -2.26. The Labute approximate surface area is 146 Å². The molecule has 0 aromatic carbocycles. The minimum Gasteiger partial charge on any atom is -0.367 e. The monoisotopic (exact) mass is 348 g/mol. The van der Waals surface area contributed by atoms with Crippen molar-refractivity contribution in [3.8, 4) is 0 Å². The average molecular weight is 348 g/mol. The Kier molecular flexibility index (Phi) is 5.44. The van der Waals surface area contributed by atoms with E-state index in [1.165, 1.54) is 0 Å². The summed E-state index contributed by atoms with van der Waals surface area (Å²) in [5.74, 6) is 1.73. The highest BCUT2D eigenvalue weighted by molar-refractivity contribution is 5.93. The van der Waals surface area contributed by atoms with E-state index in [-0.39, 0.29) is 18.1 Å². The van der Waals surface area contributed by atoms with E-state index in [2.05, 4.69) is 37.5 Å². The minimum atomic E-state index is -0.328. The molecule has 1 aliphatic heterocycles. The van der Waals surface area contributed by atoms with Crippen LogP contribution < -0.4 is 5.32 Å². The number of aromatic amines is 1. The predicted octanol–water partition coefficient (Wildman–Crippen LogP) is 1.45. The van der Waals surface area contributed by atoms with Gasteiger partial charge in [0, 0.05) is 25.6 Å². The van der Waals surface area contributed by atoms with Gasteiger partial charge in [0.05, 0.1) is 18.3 Å². The summed E-state index contributed by atoms with van der Waals surface area (Å²) in [5.41, 5.74) is 0.724. The predicted molar refractivity (Wildman–Crippen MR) is 90.0 cm³/mol. The quantitative estimate of drug-likeness (QED) is 0.813. The molecule has 1 fully saturated rings. The van der Waals surface area contributed by atoms with Gasteiger partial charge >= 0.3 is 0 Å². The number of hydrogen-bond donors (Lipinski definition) is 2. The van der Waals surface area contributed by atoms with Gasteiger partial charge in [0.15, 0.2) is 5.82 Å². The summed E-state index contributed by atoms with van der Waals surface area (Å²) in [4.78, 5) is 19.0. The molecule has 2 N–H and O–H groups in total. The second kappa shape index (κ2) is 7.75. The maximum absolute atomic E-state index is 12.4. The van der Waals surface area contributed by atoms with Gasteiger partial charge in [-0.1, -0.05) is 12.1 Å². The van der Waals surface area contributed by atoms with Crippen LogP contribution in [0.5, 0.6) is 0 Å². The van der Waals surface area contributed by atoms with Gasteiger partial charge in [-0.25, -0.2) is 4.98 Å². The highest BCUT2D eigenvalue weighted by Crippen LogP contribution is 2.21. The Morgan fingerprint density at radius 2 is 2.40 bits per heavy atom. The van der Waals surface area contributed by atoms with E-state index in [0.29, 0.717) is 31.4 Å². The van der Waals surface area contributed by atoms with Crippen molar-refractivity contribution in [2.45, 2.75) is 45.8 Å². The van der Waals surface area contributed by atoms with Crippen LogP contribution in [0.2, 0.25) is 0 Å². The lowest BCUT2D eigenvalue weighted by molar-refractivity contribution is -0.124. The van der Waals surface area contributed by atoms with Gasteiger partial charge in [0.2, 0.25) is 11.8 Å². The molecule has 0 saturated carbocycles. The molecule has 2 aromatic heterocycles. The summed E-state index contributed by atoms with van der Waals surface area (Å²) in [5, 5.41) is 13.7. The molecule has 2 atom stereocenters. The van der Waals surface area contributed by atoms with Crippen LogP contribution in [0.3, 0.4) is 0 Å². The lowest BCUT2D eigenvalue weighted by atomic mass is 10.2. The summed E-state index contributed by atoms with van der Waals surface area (Å²) < 4.78 is 10.8. The summed E-state index contributed by atoms with van der Waals surface area (Å²) in [7, 11) is 0. The van der Waals surface area contributed by atoms with Crippen molar-refractivity contribution in [2.75, 3.05) is 25.0 Å². The van der Waals surface area contributed by atoms with Crippen LogP contribution >= 0.6 is 0 Å². The van der Waals surface area contributed by atoms with Crippen LogP contribution in [0, 0.1) is 6.92 Å². The number of carbonyl (C=O) groups excluding carboxylic acids is 1. The zero-order chi connectivity index (χ0) is 17.8. The molecule has 0 aliphatic carbocycles. The molecular formula is C16H24N6O3. The molecule has 1 saturated heterocycles. The van der Waals surface area contributed by atoms with E-state index >= 15 is 0 Å². The summed E-state index contributed by atoms with van der Waals surface area (Å²) in [6, 6.07) is 1.36. The zero-order valence-electron chi connectivity index (χ0n) is 14.8. The highest BCUT2D eigenvalue weighted by atomic mass is 16.5. The SMILES string of the molecule is CCCc1nc(C2CN(C(C)C(=O)Nc3cc(C)no3)CCO2)n[nH]1.